The highest BCUT2D eigenvalue weighted by Gasteiger charge is 2.43. The molecule has 1 aromatic rings. The predicted octanol–water partition coefficient (Wildman–Crippen LogP) is 2.87. The summed E-state index contributed by atoms with van der Waals surface area (Å²) in [5.74, 6) is -1.22. The maximum absolute atomic E-state index is 12.1. The lowest BCUT2D eigenvalue weighted by Gasteiger charge is -2.30. The van der Waals surface area contributed by atoms with Crippen molar-refractivity contribution in [3.63, 3.8) is 0 Å². The Morgan fingerprint density at radius 1 is 1.43 bits per heavy atom. The molecule has 0 aromatic heterocycles. The summed E-state index contributed by atoms with van der Waals surface area (Å²) in [6.45, 7) is 2.23. The summed E-state index contributed by atoms with van der Waals surface area (Å²) in [5.41, 5.74) is -0.569. The lowest BCUT2D eigenvalue weighted by atomic mass is 9.99. The first-order chi connectivity index (χ1) is 9.83. The van der Waals surface area contributed by atoms with Crippen molar-refractivity contribution in [1.29, 1.82) is 0 Å². The number of carbonyl (C=O) groups is 2. The van der Waals surface area contributed by atoms with Gasteiger partial charge in [-0.15, -0.1) is 0 Å². The summed E-state index contributed by atoms with van der Waals surface area (Å²) < 4.78 is 0. The zero-order valence-electron chi connectivity index (χ0n) is 11.5. The van der Waals surface area contributed by atoms with E-state index in [1.807, 2.05) is 0 Å². The second-order valence-corrected chi connectivity index (χ2v) is 6.12. The summed E-state index contributed by atoms with van der Waals surface area (Å²) in [6, 6.07) is 4.78. The van der Waals surface area contributed by atoms with Crippen LogP contribution in [0.5, 0.6) is 0 Å². The molecule has 0 spiro atoms. The van der Waals surface area contributed by atoms with E-state index in [1.54, 1.807) is 30.0 Å². The van der Waals surface area contributed by atoms with E-state index in [0.717, 1.165) is 6.42 Å². The third kappa shape index (κ3) is 3.48. The first-order valence-electron chi connectivity index (χ1n) is 6.56. The summed E-state index contributed by atoms with van der Waals surface area (Å²) in [4.78, 5) is 25.1. The van der Waals surface area contributed by atoms with Crippen molar-refractivity contribution in [2.45, 2.75) is 25.3 Å². The molecule has 21 heavy (non-hydrogen) atoms. The fourth-order valence-corrected chi connectivity index (χ4v) is 2.81. The Morgan fingerprint density at radius 2 is 2.14 bits per heavy atom. The average Bonchev–Trinajstić information content (AvgIpc) is 2.77. The molecule has 0 aliphatic carbocycles. The SMILES string of the molecule is CC1(C(=O)O)CCCN1CC(=O)Nc1cc(Cl)ccc1Cl. The number of anilines is 1. The summed E-state index contributed by atoms with van der Waals surface area (Å²) in [5, 5.41) is 12.8. The Balaban J connectivity index is 2.05. The van der Waals surface area contributed by atoms with Gasteiger partial charge in [0.2, 0.25) is 5.91 Å². The third-order valence-electron chi connectivity index (χ3n) is 3.79. The molecule has 1 unspecified atom stereocenters. The second-order valence-electron chi connectivity index (χ2n) is 5.28. The minimum absolute atomic E-state index is 0.00560. The van der Waals surface area contributed by atoms with Gasteiger partial charge in [0.25, 0.3) is 0 Å². The van der Waals surface area contributed by atoms with Gasteiger partial charge in [0.05, 0.1) is 17.3 Å². The van der Waals surface area contributed by atoms with E-state index in [0.29, 0.717) is 28.7 Å². The van der Waals surface area contributed by atoms with Crippen LogP contribution in [0.1, 0.15) is 19.8 Å². The Labute approximate surface area is 132 Å². The standard InChI is InChI=1S/C14H16Cl2N2O3/c1-14(13(20)21)5-2-6-18(14)8-12(19)17-11-7-9(15)3-4-10(11)16/h3-4,7H,2,5-6,8H2,1H3,(H,17,19)(H,20,21). The molecule has 1 aromatic carbocycles. The molecule has 0 saturated carbocycles. The van der Waals surface area contributed by atoms with Crippen molar-refractivity contribution in [3.05, 3.63) is 28.2 Å². The first kappa shape index (κ1) is 16.1. The van der Waals surface area contributed by atoms with Crippen LogP contribution in [0.15, 0.2) is 18.2 Å². The maximum Gasteiger partial charge on any atom is 0.323 e. The van der Waals surface area contributed by atoms with Crippen LogP contribution in [-0.4, -0.2) is 40.5 Å². The van der Waals surface area contributed by atoms with Gasteiger partial charge in [-0.3, -0.25) is 14.5 Å². The van der Waals surface area contributed by atoms with E-state index in [-0.39, 0.29) is 12.5 Å². The average molecular weight is 331 g/mol. The highest BCUT2D eigenvalue weighted by atomic mass is 35.5. The lowest BCUT2D eigenvalue weighted by molar-refractivity contribution is -0.149. The van der Waals surface area contributed by atoms with Crippen molar-refractivity contribution < 1.29 is 14.7 Å². The van der Waals surface area contributed by atoms with Crippen LogP contribution < -0.4 is 5.32 Å². The Kier molecular flexibility index (Phi) is 4.76. The second kappa shape index (κ2) is 6.22. The summed E-state index contributed by atoms with van der Waals surface area (Å²) in [6.07, 6.45) is 1.29. The van der Waals surface area contributed by atoms with Gasteiger partial charge in [0.1, 0.15) is 5.54 Å². The van der Waals surface area contributed by atoms with E-state index < -0.39 is 11.5 Å². The van der Waals surface area contributed by atoms with Crippen molar-refractivity contribution in [1.82, 2.24) is 4.90 Å². The molecule has 0 radical (unpaired) electrons. The van der Waals surface area contributed by atoms with E-state index in [9.17, 15) is 14.7 Å². The van der Waals surface area contributed by atoms with E-state index in [1.165, 1.54) is 0 Å². The molecule has 1 saturated heterocycles. The third-order valence-corrected chi connectivity index (χ3v) is 4.35. The molecular formula is C14H16Cl2N2O3. The number of nitrogens with zero attached hydrogens (tertiary/aromatic N) is 1. The number of nitrogens with one attached hydrogen (secondary N) is 1. The number of likely N-dealkylation sites (tertiary alicyclic amines) is 1. The number of halogens is 2. The minimum Gasteiger partial charge on any atom is -0.480 e. The molecule has 2 rings (SSSR count). The number of carbonyl (C=O) groups excluding carboxylic acids is 1. The number of carboxylic acid groups (broad SMARTS) is 1. The normalized spacial score (nSPS) is 22.2. The zero-order valence-corrected chi connectivity index (χ0v) is 13.0. The fraction of sp³-hybridized carbons (Fsp3) is 0.429. The van der Waals surface area contributed by atoms with Crippen LogP contribution in [-0.2, 0) is 9.59 Å². The number of amides is 1. The van der Waals surface area contributed by atoms with Crippen LogP contribution in [0.3, 0.4) is 0 Å². The van der Waals surface area contributed by atoms with Gasteiger partial charge in [-0.1, -0.05) is 23.2 Å². The molecule has 0 bridgehead atoms. The number of carboxylic acids is 1. The topological polar surface area (TPSA) is 69.6 Å². The molecule has 2 N–H and O–H groups in total. The molecule has 1 aliphatic rings. The minimum atomic E-state index is -0.991. The molecule has 1 atom stereocenters. The van der Waals surface area contributed by atoms with E-state index >= 15 is 0 Å². The van der Waals surface area contributed by atoms with Crippen molar-refractivity contribution in [2.75, 3.05) is 18.4 Å². The monoisotopic (exact) mass is 330 g/mol. The maximum atomic E-state index is 12.1. The van der Waals surface area contributed by atoms with Gasteiger partial charge in [0.15, 0.2) is 0 Å². The van der Waals surface area contributed by atoms with Gasteiger partial charge in [-0.05, 0) is 44.5 Å². The molecule has 1 aliphatic heterocycles. The quantitative estimate of drug-likeness (QED) is 0.890. The lowest BCUT2D eigenvalue weighted by Crippen LogP contribution is -2.50. The Hall–Kier alpha value is -1.30. The molecule has 1 amide bonds. The van der Waals surface area contributed by atoms with Gasteiger partial charge in [-0.25, -0.2) is 0 Å². The number of aliphatic carboxylic acids is 1. The highest BCUT2D eigenvalue weighted by molar-refractivity contribution is 6.35. The molecule has 1 fully saturated rings. The molecule has 7 heteroatoms. The van der Waals surface area contributed by atoms with Crippen LogP contribution in [0.4, 0.5) is 5.69 Å². The largest absolute Gasteiger partial charge is 0.480 e. The predicted molar refractivity (Wildman–Crippen MR) is 81.9 cm³/mol. The molecule has 114 valence electrons. The summed E-state index contributed by atoms with van der Waals surface area (Å²) in [7, 11) is 0. The number of rotatable bonds is 4. The van der Waals surface area contributed by atoms with E-state index in [4.69, 9.17) is 23.2 Å². The van der Waals surface area contributed by atoms with Crippen LogP contribution >= 0.6 is 23.2 Å². The Morgan fingerprint density at radius 3 is 2.81 bits per heavy atom. The van der Waals surface area contributed by atoms with Crippen molar-refractivity contribution in [2.24, 2.45) is 0 Å². The van der Waals surface area contributed by atoms with Gasteiger partial charge < -0.3 is 10.4 Å². The number of hydrogen-bond donors (Lipinski definition) is 2. The molecular weight excluding hydrogens is 315 g/mol. The van der Waals surface area contributed by atoms with Crippen molar-refractivity contribution >= 4 is 40.8 Å². The van der Waals surface area contributed by atoms with Crippen LogP contribution in [0.2, 0.25) is 10.0 Å². The van der Waals surface area contributed by atoms with Gasteiger partial charge in [-0.2, -0.15) is 0 Å². The smallest absolute Gasteiger partial charge is 0.323 e. The number of benzene rings is 1. The van der Waals surface area contributed by atoms with Crippen LogP contribution in [0.25, 0.3) is 0 Å². The highest BCUT2D eigenvalue weighted by Crippen LogP contribution is 2.29. The molecule has 5 nitrogen and oxygen atoms in total. The van der Waals surface area contributed by atoms with Gasteiger partial charge >= 0.3 is 5.97 Å². The first-order valence-corrected chi connectivity index (χ1v) is 7.32. The van der Waals surface area contributed by atoms with Gasteiger partial charge in [0, 0.05) is 5.02 Å². The summed E-state index contributed by atoms with van der Waals surface area (Å²) >= 11 is 11.8. The Bertz CT molecular complexity index is 579. The van der Waals surface area contributed by atoms with Crippen LogP contribution in [0, 0.1) is 0 Å². The number of hydrogen-bond acceptors (Lipinski definition) is 3. The zero-order chi connectivity index (χ0) is 15.6. The van der Waals surface area contributed by atoms with Crippen molar-refractivity contribution in [3.8, 4) is 0 Å². The van der Waals surface area contributed by atoms with E-state index in [2.05, 4.69) is 5.32 Å². The fourth-order valence-electron chi connectivity index (χ4n) is 2.47. The molecule has 1 heterocycles.